The SMILES string of the molecule is C=C(C)C(=O)OC(C1CC(C(C)(C)OCC(C)(C)O)CC(C(C)(C)OCC(C)(O)C(F)(F)F)C1)C1CC(C(C)(C)OCC(C)(O)C(F)(F)F)CC(C(C)(C)OCC(O)(C(F)(F)F)C(F)(F)F)C1.C=C(C)C(=O)OC(C1CCC(C(C)(C)OCC(O)(C(F)(F)F)C(F)(F)F)C(C(C)(C)OCC(C)(O)C(F)(F)F)C1)C1CCC(C(C)(C)OCC(O)(C(F)(F)F)C(F)(F)F)C(C(C)(C)OCC(C)(O)C(F)(F)F)C1. The fourth-order valence-corrected chi connectivity index (χ4v) is 18.1. The summed E-state index contributed by atoms with van der Waals surface area (Å²) >= 11 is 0. The van der Waals surface area contributed by atoms with E-state index in [1.54, 1.807) is 13.8 Å². The number of hydrogen-bond acceptors (Lipinski definition) is 20. The summed E-state index contributed by atoms with van der Waals surface area (Å²) in [5, 5.41) is 81.5. The molecule has 828 valence electrons. The first kappa shape index (κ1) is 130. The molecule has 4 aliphatic carbocycles. The van der Waals surface area contributed by atoms with E-state index in [4.69, 9.17) is 47.4 Å². The number of alkyl halides is 30. The standard InChI is InChI=1S/C45H66F18O10.C45H72F12O10/c1-23(2)31(64)73-30(24-13-15-26(28(17-24)34(7,8)69-19-36(11,65)40(46,47)48)32(3,4)71-21-38(67,42(52,53)54)43(55,56)57)25-14-16-27(29(18-25)35(9,10)70-20-37(12,66)41(49,50)51)33(5,6)72-22-39(68,44(58,59)60)45(61,62)63;1-25(2)33(58)67-32(26-15-28(35(5,6)63-21-34(3,4)59)19-29(16-26)36(7,8)64-22-39(13,60)42(46,47)48)27-17-30(37(9,10)65-23-40(14,61)43(49,50)51)20-31(18-27)38(11,12)66-24-41(62,44(52,53)54)45(55,56)57/h24-30,65-68H,1,13-22H2,2-12H3;26-32,59-62H,1,15-24H2,2-14H3. The van der Waals surface area contributed by atoms with Crippen molar-refractivity contribution < 1.29 is 230 Å². The molecule has 17 atom stereocenters. The molecule has 4 aliphatic rings. The van der Waals surface area contributed by atoms with Gasteiger partial charge in [0.15, 0.2) is 22.4 Å². The molecule has 0 aromatic heterocycles. The first-order valence-electron chi connectivity index (χ1n) is 44.7. The maximum Gasteiger partial charge on any atom is 0.428 e. The number of halogens is 30. The molecule has 4 saturated carbocycles. The lowest BCUT2D eigenvalue weighted by Crippen LogP contribution is -2.62. The molecule has 0 spiro atoms. The Hall–Kier alpha value is -4.32. The van der Waals surface area contributed by atoms with Crippen LogP contribution in [0.2, 0.25) is 0 Å². The van der Waals surface area contributed by atoms with Crippen molar-refractivity contribution in [3.8, 4) is 0 Å². The van der Waals surface area contributed by atoms with Gasteiger partial charge in [0.25, 0.3) is 16.8 Å². The number of esters is 2. The van der Waals surface area contributed by atoms with Crippen LogP contribution in [-0.4, -0.2) is 269 Å². The predicted octanol–water partition coefficient (Wildman–Crippen LogP) is 21.0. The van der Waals surface area contributed by atoms with Crippen molar-refractivity contribution in [3.63, 3.8) is 0 Å². The number of rotatable bonds is 40. The van der Waals surface area contributed by atoms with Gasteiger partial charge in [-0.05, 0) is 314 Å². The third kappa shape index (κ3) is 31.9. The maximum absolute atomic E-state index is 13.9. The molecule has 0 aromatic rings. The lowest BCUT2D eigenvalue weighted by Gasteiger charge is -2.54. The average Bonchev–Trinajstić information content (AvgIpc) is 0.758. The van der Waals surface area contributed by atoms with E-state index in [0.29, 0.717) is 27.7 Å². The molecule has 0 amide bonds. The molecule has 0 heterocycles. The zero-order chi connectivity index (χ0) is 111. The highest BCUT2D eigenvalue weighted by molar-refractivity contribution is 5.87. The van der Waals surface area contributed by atoms with E-state index in [9.17, 15) is 182 Å². The van der Waals surface area contributed by atoms with E-state index in [0.717, 1.165) is 27.7 Å². The Kier molecular flexibility index (Phi) is 40.2. The molecule has 0 radical (unpaired) electrons. The smallest absolute Gasteiger partial charge is 0.428 e. The van der Waals surface area contributed by atoms with Crippen LogP contribution in [0.5, 0.6) is 0 Å². The van der Waals surface area contributed by atoms with Gasteiger partial charge in [-0.2, -0.15) is 132 Å². The van der Waals surface area contributed by atoms with Crippen molar-refractivity contribution in [1.82, 2.24) is 0 Å². The summed E-state index contributed by atoms with van der Waals surface area (Å²) in [6.07, 6.45) is -63.1. The molecule has 20 nitrogen and oxygen atoms in total. The first-order valence-corrected chi connectivity index (χ1v) is 44.7. The zero-order valence-electron chi connectivity index (χ0n) is 82.5. The summed E-state index contributed by atoms with van der Waals surface area (Å²) < 4.78 is 471. The Labute approximate surface area is 794 Å². The quantitative estimate of drug-likeness (QED) is 0.0161. The van der Waals surface area contributed by atoms with Gasteiger partial charge in [-0.1, -0.05) is 13.2 Å². The molecule has 0 aliphatic heterocycles. The molecule has 4 fully saturated rings. The van der Waals surface area contributed by atoms with Gasteiger partial charge in [-0.15, -0.1) is 0 Å². The lowest BCUT2D eigenvalue weighted by molar-refractivity contribution is -0.384. The molecule has 140 heavy (non-hydrogen) atoms. The lowest BCUT2D eigenvalue weighted by atomic mass is 9.58. The summed E-state index contributed by atoms with van der Waals surface area (Å²) in [6, 6.07) is 0. The van der Waals surface area contributed by atoms with E-state index in [1.165, 1.54) is 96.9 Å². The van der Waals surface area contributed by atoms with Gasteiger partial charge in [0.2, 0.25) is 0 Å². The molecule has 8 N–H and O–H groups in total. The summed E-state index contributed by atoms with van der Waals surface area (Å²) in [5.41, 5.74) is -45.9. The van der Waals surface area contributed by atoms with Crippen LogP contribution in [0.25, 0.3) is 0 Å². The largest absolute Gasteiger partial charge is 0.458 e. The second kappa shape index (κ2) is 43.3. The van der Waals surface area contributed by atoms with E-state index in [-0.39, 0.29) is 82.0 Å². The Morgan fingerprint density at radius 2 is 0.421 bits per heavy atom. The third-order valence-corrected chi connectivity index (χ3v) is 28.7. The van der Waals surface area contributed by atoms with E-state index >= 15 is 0 Å². The Morgan fingerprint density at radius 3 is 0.614 bits per heavy atom. The number of carbonyl (C=O) groups excluding carboxylic acids is 2. The topological polar surface area (TPSA) is 288 Å². The summed E-state index contributed by atoms with van der Waals surface area (Å²) in [5.74, 6) is -14.3. The highest BCUT2D eigenvalue weighted by atomic mass is 19.5. The number of ether oxygens (including phenoxy) is 10. The fourth-order valence-electron chi connectivity index (χ4n) is 18.1. The van der Waals surface area contributed by atoms with Gasteiger partial charge in [0, 0.05) is 11.1 Å². The number of carbonyl (C=O) groups is 2. The van der Waals surface area contributed by atoms with Crippen molar-refractivity contribution in [1.29, 1.82) is 0 Å². The van der Waals surface area contributed by atoms with Crippen LogP contribution in [0, 0.1) is 71.0 Å². The normalized spacial score (nSPS) is 25.8. The minimum atomic E-state index is -6.34. The Balaban J connectivity index is 0.000000723. The third-order valence-electron chi connectivity index (χ3n) is 28.7. The van der Waals surface area contributed by atoms with E-state index in [1.807, 2.05) is 0 Å². The minimum Gasteiger partial charge on any atom is -0.458 e. The monoisotopic (exact) mass is 2110 g/mol. The molecule has 50 heteroatoms. The van der Waals surface area contributed by atoms with Gasteiger partial charge in [0.05, 0.1) is 103 Å². The first-order chi connectivity index (χ1) is 61.4. The molecular formula is C90H138F30O20. The zero-order valence-corrected chi connectivity index (χ0v) is 82.5. The van der Waals surface area contributed by atoms with Crippen LogP contribution in [0.1, 0.15) is 243 Å². The van der Waals surface area contributed by atoms with Crippen LogP contribution in [-0.2, 0) is 57.0 Å². The fraction of sp³-hybridized carbons (Fsp3) is 0.933. The van der Waals surface area contributed by atoms with Gasteiger partial charge >= 0.3 is 73.7 Å². The van der Waals surface area contributed by atoms with Gasteiger partial charge < -0.3 is 88.2 Å². The van der Waals surface area contributed by atoms with E-state index in [2.05, 4.69) is 13.2 Å². The van der Waals surface area contributed by atoms with Crippen molar-refractivity contribution in [2.75, 3.05) is 52.9 Å². The minimum absolute atomic E-state index is 0.0532. The van der Waals surface area contributed by atoms with Gasteiger partial charge in [-0.25, -0.2) is 9.59 Å². The molecule has 0 saturated heterocycles. The van der Waals surface area contributed by atoms with Crippen LogP contribution in [0.15, 0.2) is 24.3 Å². The second-order valence-electron chi connectivity index (χ2n) is 44.2. The molecule has 4 rings (SSSR count). The summed E-state index contributed by atoms with van der Waals surface area (Å²) in [7, 11) is 0. The van der Waals surface area contributed by atoms with Gasteiger partial charge in [-0.3, -0.25) is 0 Å². The number of hydrogen-bond donors (Lipinski definition) is 8. The highest BCUT2D eigenvalue weighted by Gasteiger charge is 2.75. The molecule has 0 bridgehead atoms. The molecule has 0 aromatic carbocycles. The average molecular weight is 2110 g/mol. The predicted molar refractivity (Wildman–Crippen MR) is 441 cm³/mol. The van der Waals surface area contributed by atoms with E-state index < -0.39 is 306 Å². The van der Waals surface area contributed by atoms with Crippen LogP contribution in [0.3, 0.4) is 0 Å². The Bertz CT molecular complexity index is 3870. The van der Waals surface area contributed by atoms with Crippen molar-refractivity contribution in [2.45, 2.75) is 407 Å². The van der Waals surface area contributed by atoms with Crippen molar-refractivity contribution in [3.05, 3.63) is 24.3 Å². The summed E-state index contributed by atoms with van der Waals surface area (Å²) in [6.45, 7) is 22.1. The molecular weight excluding hydrogens is 1970 g/mol. The van der Waals surface area contributed by atoms with Crippen molar-refractivity contribution >= 4 is 11.9 Å². The number of aliphatic hydroxyl groups is 8. The van der Waals surface area contributed by atoms with Gasteiger partial charge in [0.1, 0.15) is 12.2 Å². The highest BCUT2D eigenvalue weighted by Crippen LogP contribution is 2.59. The van der Waals surface area contributed by atoms with Crippen LogP contribution < -0.4 is 0 Å². The van der Waals surface area contributed by atoms with Crippen LogP contribution >= 0.6 is 0 Å². The molecule has 17 unspecified atom stereocenters. The summed E-state index contributed by atoms with van der Waals surface area (Å²) in [4.78, 5) is 27.1. The second-order valence-corrected chi connectivity index (χ2v) is 44.2. The van der Waals surface area contributed by atoms with Crippen LogP contribution in [0.4, 0.5) is 132 Å². The maximum atomic E-state index is 13.9. The Morgan fingerprint density at radius 1 is 0.243 bits per heavy atom. The van der Waals surface area contributed by atoms with Crippen molar-refractivity contribution in [2.24, 2.45) is 71.0 Å².